The van der Waals surface area contributed by atoms with Crippen LogP contribution in [0.3, 0.4) is 0 Å². The zero-order chi connectivity index (χ0) is 13.0. The second-order valence-corrected chi connectivity index (χ2v) is 3.51. The van der Waals surface area contributed by atoms with E-state index in [1.807, 2.05) is 0 Å². The maximum Gasteiger partial charge on any atom is 0.269 e. The largest absolute Gasteiger partial charge is 0.382 e. The predicted octanol–water partition coefficient (Wildman–Crippen LogP) is 2.32. The Hall–Kier alpha value is -2.76. The molecule has 0 spiro atoms. The minimum absolute atomic E-state index is 0.0491. The van der Waals surface area contributed by atoms with Gasteiger partial charge in [-0.3, -0.25) is 15.1 Å². The molecule has 6 nitrogen and oxygen atoms in total. The minimum Gasteiger partial charge on any atom is -0.382 e. The van der Waals surface area contributed by atoms with E-state index in [0.717, 1.165) is 5.56 Å². The van der Waals surface area contributed by atoms with Crippen molar-refractivity contribution in [1.82, 2.24) is 4.98 Å². The zero-order valence-electron chi connectivity index (χ0n) is 9.35. The van der Waals surface area contributed by atoms with Crippen LogP contribution >= 0.6 is 0 Å². The van der Waals surface area contributed by atoms with Crippen molar-refractivity contribution < 1.29 is 4.92 Å². The van der Waals surface area contributed by atoms with Crippen molar-refractivity contribution in [2.75, 3.05) is 5.73 Å². The number of hydrogen-bond acceptors (Lipinski definition) is 5. The number of nitrogens with zero attached hydrogens (tertiary/aromatic N) is 3. The number of nitrogens with two attached hydrogens (primary N) is 1. The summed E-state index contributed by atoms with van der Waals surface area (Å²) in [6.07, 6.45) is 3.16. The smallest absolute Gasteiger partial charge is 0.269 e. The number of rotatable bonds is 3. The highest BCUT2D eigenvalue weighted by molar-refractivity contribution is 5.83. The Balaban J connectivity index is 2.19. The molecule has 0 saturated heterocycles. The molecule has 90 valence electrons. The van der Waals surface area contributed by atoms with Crippen LogP contribution in [0, 0.1) is 10.1 Å². The Morgan fingerprint density at radius 2 is 2.00 bits per heavy atom. The van der Waals surface area contributed by atoms with Crippen molar-refractivity contribution in [3.8, 4) is 0 Å². The molecule has 2 aromatic rings. The van der Waals surface area contributed by atoms with Gasteiger partial charge in [0.1, 0.15) is 11.5 Å². The molecule has 0 radical (unpaired) electrons. The molecule has 0 unspecified atom stereocenters. The lowest BCUT2D eigenvalue weighted by Gasteiger charge is -1.97. The first kappa shape index (κ1) is 11.7. The van der Waals surface area contributed by atoms with Crippen LogP contribution < -0.4 is 5.73 Å². The van der Waals surface area contributed by atoms with E-state index in [1.54, 1.807) is 36.7 Å². The average molecular weight is 242 g/mol. The average Bonchev–Trinajstić information content (AvgIpc) is 2.38. The third kappa shape index (κ3) is 2.67. The van der Waals surface area contributed by atoms with Crippen molar-refractivity contribution in [1.29, 1.82) is 0 Å². The number of pyridine rings is 1. The summed E-state index contributed by atoms with van der Waals surface area (Å²) >= 11 is 0. The normalized spacial score (nSPS) is 10.7. The molecule has 6 heteroatoms. The molecule has 18 heavy (non-hydrogen) atoms. The molecule has 0 amide bonds. The monoisotopic (exact) mass is 242 g/mol. The molecule has 2 N–H and O–H groups in total. The fourth-order valence-electron chi connectivity index (χ4n) is 1.34. The molecule has 2 rings (SSSR count). The number of non-ortho nitro benzene ring substituents is 1. The molecular formula is C12H10N4O2. The van der Waals surface area contributed by atoms with Gasteiger partial charge in [-0.2, -0.15) is 0 Å². The number of benzene rings is 1. The van der Waals surface area contributed by atoms with Gasteiger partial charge in [0.2, 0.25) is 0 Å². The van der Waals surface area contributed by atoms with Crippen LogP contribution in [0.5, 0.6) is 0 Å². The summed E-state index contributed by atoms with van der Waals surface area (Å²) in [5, 5.41) is 10.5. The Kier molecular flexibility index (Phi) is 3.29. The van der Waals surface area contributed by atoms with Crippen LogP contribution in [0.2, 0.25) is 0 Å². The fraction of sp³-hybridized carbons (Fsp3) is 0. The number of nitro groups is 1. The fourth-order valence-corrected chi connectivity index (χ4v) is 1.34. The van der Waals surface area contributed by atoms with Gasteiger partial charge in [-0.25, -0.2) is 4.98 Å². The van der Waals surface area contributed by atoms with Gasteiger partial charge in [-0.15, -0.1) is 0 Å². The van der Waals surface area contributed by atoms with E-state index >= 15 is 0 Å². The van der Waals surface area contributed by atoms with Gasteiger partial charge in [0, 0.05) is 24.5 Å². The van der Waals surface area contributed by atoms with Gasteiger partial charge in [0.05, 0.1) is 4.92 Å². The van der Waals surface area contributed by atoms with Gasteiger partial charge in [0.25, 0.3) is 5.69 Å². The van der Waals surface area contributed by atoms with Crippen LogP contribution in [0.15, 0.2) is 47.6 Å². The lowest BCUT2D eigenvalue weighted by Crippen LogP contribution is -1.90. The Labute approximate surface area is 103 Å². The minimum atomic E-state index is -0.444. The van der Waals surface area contributed by atoms with E-state index in [9.17, 15) is 10.1 Å². The van der Waals surface area contributed by atoms with Crippen LogP contribution in [0.1, 0.15) is 5.56 Å². The van der Waals surface area contributed by atoms with Crippen LogP contribution in [-0.2, 0) is 0 Å². The number of aliphatic imine (C=N–C) groups is 1. The SMILES string of the molecule is Nc1ncccc1N=Cc1ccc([N+](=O)[O-])cc1. The van der Waals surface area contributed by atoms with Gasteiger partial charge in [-0.1, -0.05) is 0 Å². The van der Waals surface area contributed by atoms with Crippen molar-refractivity contribution in [3.05, 3.63) is 58.3 Å². The van der Waals surface area contributed by atoms with Crippen molar-refractivity contribution >= 4 is 23.4 Å². The van der Waals surface area contributed by atoms with Crippen molar-refractivity contribution in [2.24, 2.45) is 4.99 Å². The summed E-state index contributed by atoms with van der Waals surface area (Å²) in [7, 11) is 0. The molecule has 0 aliphatic heterocycles. The summed E-state index contributed by atoms with van der Waals surface area (Å²) in [5.74, 6) is 0.343. The van der Waals surface area contributed by atoms with Crippen molar-refractivity contribution in [3.63, 3.8) is 0 Å². The van der Waals surface area contributed by atoms with Crippen LogP contribution in [-0.4, -0.2) is 16.1 Å². The summed E-state index contributed by atoms with van der Waals surface area (Å²) in [5.41, 5.74) is 7.00. The first-order valence-corrected chi connectivity index (χ1v) is 5.16. The standard InChI is InChI=1S/C12H10N4O2/c13-12-11(2-1-7-14-12)15-8-9-3-5-10(6-4-9)16(17)18/h1-8H,(H2,13,14). The molecule has 0 fully saturated rings. The Morgan fingerprint density at radius 1 is 1.28 bits per heavy atom. The summed E-state index contributed by atoms with van der Waals surface area (Å²) in [4.78, 5) is 18.1. The number of anilines is 1. The first-order valence-electron chi connectivity index (χ1n) is 5.16. The number of nitrogen functional groups attached to an aromatic ring is 1. The van der Waals surface area contributed by atoms with E-state index in [2.05, 4.69) is 9.98 Å². The van der Waals surface area contributed by atoms with Gasteiger partial charge < -0.3 is 5.73 Å². The lowest BCUT2D eigenvalue weighted by atomic mass is 10.2. The third-order valence-corrected chi connectivity index (χ3v) is 2.27. The van der Waals surface area contributed by atoms with E-state index in [-0.39, 0.29) is 5.69 Å². The zero-order valence-corrected chi connectivity index (χ0v) is 9.35. The lowest BCUT2D eigenvalue weighted by molar-refractivity contribution is -0.384. The van der Waals surface area contributed by atoms with Gasteiger partial charge in [-0.05, 0) is 29.8 Å². The predicted molar refractivity (Wildman–Crippen MR) is 69.0 cm³/mol. The second kappa shape index (κ2) is 5.05. The molecular weight excluding hydrogens is 232 g/mol. The Bertz CT molecular complexity index is 593. The molecule has 1 aromatic heterocycles. The van der Waals surface area contributed by atoms with E-state index < -0.39 is 4.92 Å². The topological polar surface area (TPSA) is 94.4 Å². The third-order valence-electron chi connectivity index (χ3n) is 2.27. The van der Waals surface area contributed by atoms with Crippen LogP contribution in [0.25, 0.3) is 0 Å². The molecule has 0 atom stereocenters. The second-order valence-electron chi connectivity index (χ2n) is 3.51. The number of hydrogen-bond donors (Lipinski definition) is 1. The van der Waals surface area contributed by atoms with E-state index in [0.29, 0.717) is 11.5 Å². The highest BCUT2D eigenvalue weighted by Crippen LogP contribution is 2.18. The molecule has 0 saturated carbocycles. The maximum absolute atomic E-state index is 10.5. The highest BCUT2D eigenvalue weighted by atomic mass is 16.6. The van der Waals surface area contributed by atoms with E-state index in [4.69, 9.17) is 5.73 Å². The molecule has 1 heterocycles. The summed E-state index contributed by atoms with van der Waals surface area (Å²) in [6, 6.07) is 9.56. The number of aromatic nitrogens is 1. The maximum atomic E-state index is 10.5. The van der Waals surface area contributed by atoms with Crippen molar-refractivity contribution in [2.45, 2.75) is 0 Å². The molecule has 0 bridgehead atoms. The van der Waals surface area contributed by atoms with Gasteiger partial charge in [0.15, 0.2) is 0 Å². The Morgan fingerprint density at radius 3 is 2.61 bits per heavy atom. The summed E-state index contributed by atoms with van der Waals surface area (Å²) < 4.78 is 0. The first-order chi connectivity index (χ1) is 8.66. The molecule has 0 aliphatic carbocycles. The molecule has 0 aliphatic rings. The molecule has 1 aromatic carbocycles. The van der Waals surface area contributed by atoms with E-state index in [1.165, 1.54) is 12.1 Å². The van der Waals surface area contributed by atoms with Gasteiger partial charge >= 0.3 is 0 Å². The quantitative estimate of drug-likeness (QED) is 0.507. The highest BCUT2D eigenvalue weighted by Gasteiger charge is 2.02. The summed E-state index contributed by atoms with van der Waals surface area (Å²) in [6.45, 7) is 0. The number of nitro benzene ring substituents is 1. The van der Waals surface area contributed by atoms with Crippen LogP contribution in [0.4, 0.5) is 17.2 Å².